The minimum absolute atomic E-state index is 0.0721. The molecule has 0 aliphatic heterocycles. The number of halogens is 1. The molecule has 0 bridgehead atoms. The third-order valence-corrected chi connectivity index (χ3v) is 3.75. The summed E-state index contributed by atoms with van der Waals surface area (Å²) >= 11 is 0. The smallest absolute Gasteiger partial charge is 0.224 e. The Morgan fingerprint density at radius 2 is 1.95 bits per heavy atom. The van der Waals surface area contributed by atoms with Gasteiger partial charge in [-0.1, -0.05) is 30.3 Å². The Labute approximate surface area is 128 Å². The van der Waals surface area contributed by atoms with Gasteiger partial charge in [-0.15, -0.1) is 0 Å². The molecule has 3 aromatic rings. The summed E-state index contributed by atoms with van der Waals surface area (Å²) in [6, 6.07) is 14.3. The Balaban J connectivity index is 1.74. The highest BCUT2D eigenvalue weighted by Gasteiger charge is 2.13. The summed E-state index contributed by atoms with van der Waals surface area (Å²) in [5.74, 6) is -0.366. The standard InChI is InChI=1S/C18H17FN2O/c1-12-15(16-9-14(19)7-8-17(16)21-12)10-18(22)20-11-13-5-3-2-4-6-13/h2-9,21H,10-11H2,1H3,(H,20,22). The largest absolute Gasteiger partial charge is 0.358 e. The van der Waals surface area contributed by atoms with Crippen LogP contribution >= 0.6 is 0 Å². The van der Waals surface area contributed by atoms with Crippen LogP contribution in [0.2, 0.25) is 0 Å². The van der Waals surface area contributed by atoms with Crippen LogP contribution < -0.4 is 5.32 Å². The van der Waals surface area contributed by atoms with E-state index in [2.05, 4.69) is 10.3 Å². The first-order valence-electron chi connectivity index (χ1n) is 7.21. The molecule has 0 aliphatic rings. The van der Waals surface area contributed by atoms with E-state index in [0.717, 1.165) is 27.7 Å². The maximum atomic E-state index is 13.4. The highest BCUT2D eigenvalue weighted by Crippen LogP contribution is 2.23. The van der Waals surface area contributed by atoms with Gasteiger partial charge in [-0.3, -0.25) is 4.79 Å². The normalized spacial score (nSPS) is 10.8. The number of hydrogen-bond donors (Lipinski definition) is 2. The number of carbonyl (C=O) groups excluding carboxylic acids is 1. The lowest BCUT2D eigenvalue weighted by atomic mass is 10.1. The number of benzene rings is 2. The van der Waals surface area contributed by atoms with E-state index >= 15 is 0 Å². The van der Waals surface area contributed by atoms with Crippen molar-refractivity contribution in [2.45, 2.75) is 19.9 Å². The number of aromatic amines is 1. The molecule has 1 amide bonds. The van der Waals surface area contributed by atoms with Gasteiger partial charge < -0.3 is 10.3 Å². The summed E-state index contributed by atoms with van der Waals surface area (Å²) < 4.78 is 13.4. The summed E-state index contributed by atoms with van der Waals surface area (Å²) in [4.78, 5) is 15.3. The molecule has 22 heavy (non-hydrogen) atoms. The van der Waals surface area contributed by atoms with Gasteiger partial charge in [-0.2, -0.15) is 0 Å². The van der Waals surface area contributed by atoms with E-state index < -0.39 is 0 Å². The van der Waals surface area contributed by atoms with Crippen LogP contribution in [0.3, 0.4) is 0 Å². The predicted molar refractivity (Wildman–Crippen MR) is 85.0 cm³/mol. The molecule has 1 heterocycles. The maximum Gasteiger partial charge on any atom is 0.224 e. The number of aromatic nitrogens is 1. The molecular weight excluding hydrogens is 279 g/mol. The average Bonchev–Trinajstić information content (AvgIpc) is 2.82. The van der Waals surface area contributed by atoms with E-state index in [-0.39, 0.29) is 18.1 Å². The number of amides is 1. The molecule has 0 spiro atoms. The lowest BCUT2D eigenvalue weighted by Gasteiger charge is -2.06. The van der Waals surface area contributed by atoms with Crippen molar-refractivity contribution in [1.82, 2.24) is 10.3 Å². The summed E-state index contributed by atoms with van der Waals surface area (Å²) in [7, 11) is 0. The van der Waals surface area contributed by atoms with E-state index in [9.17, 15) is 9.18 Å². The molecule has 0 saturated carbocycles. The van der Waals surface area contributed by atoms with E-state index in [0.29, 0.717) is 6.54 Å². The van der Waals surface area contributed by atoms with Crippen molar-refractivity contribution in [3.05, 3.63) is 71.2 Å². The van der Waals surface area contributed by atoms with E-state index in [1.807, 2.05) is 37.3 Å². The summed E-state index contributed by atoms with van der Waals surface area (Å²) in [5, 5.41) is 3.67. The Morgan fingerprint density at radius 1 is 1.18 bits per heavy atom. The second kappa shape index (κ2) is 6.02. The fourth-order valence-electron chi connectivity index (χ4n) is 2.60. The van der Waals surface area contributed by atoms with Crippen molar-refractivity contribution in [2.24, 2.45) is 0 Å². The number of carbonyl (C=O) groups is 1. The van der Waals surface area contributed by atoms with Gasteiger partial charge in [-0.05, 0) is 36.2 Å². The first-order valence-corrected chi connectivity index (χ1v) is 7.21. The number of rotatable bonds is 4. The number of aryl methyl sites for hydroxylation is 1. The molecule has 2 N–H and O–H groups in total. The van der Waals surface area contributed by atoms with Gasteiger partial charge >= 0.3 is 0 Å². The van der Waals surface area contributed by atoms with Gasteiger partial charge in [-0.25, -0.2) is 4.39 Å². The minimum atomic E-state index is -0.294. The third kappa shape index (κ3) is 3.01. The molecule has 0 saturated heterocycles. The van der Waals surface area contributed by atoms with Gasteiger partial charge in [0.15, 0.2) is 0 Å². The second-order valence-corrected chi connectivity index (χ2v) is 5.36. The molecule has 0 fully saturated rings. The minimum Gasteiger partial charge on any atom is -0.358 e. The topological polar surface area (TPSA) is 44.9 Å². The molecule has 112 valence electrons. The van der Waals surface area contributed by atoms with Crippen molar-refractivity contribution in [2.75, 3.05) is 0 Å². The highest BCUT2D eigenvalue weighted by molar-refractivity contribution is 5.90. The molecule has 0 atom stereocenters. The molecule has 0 unspecified atom stereocenters. The molecule has 0 aliphatic carbocycles. The van der Waals surface area contributed by atoms with Gasteiger partial charge in [0.05, 0.1) is 6.42 Å². The quantitative estimate of drug-likeness (QED) is 0.760. The fourth-order valence-corrected chi connectivity index (χ4v) is 2.60. The Kier molecular flexibility index (Phi) is 3.92. The van der Waals surface area contributed by atoms with Crippen LogP contribution in [0, 0.1) is 12.7 Å². The molecule has 3 nitrogen and oxygen atoms in total. The molecule has 1 aromatic heterocycles. The van der Waals surface area contributed by atoms with Gasteiger partial charge in [0.25, 0.3) is 0 Å². The number of H-pyrrole nitrogens is 1. The molecule has 2 aromatic carbocycles. The number of hydrogen-bond acceptors (Lipinski definition) is 1. The second-order valence-electron chi connectivity index (χ2n) is 5.36. The van der Waals surface area contributed by atoms with Crippen molar-refractivity contribution < 1.29 is 9.18 Å². The van der Waals surface area contributed by atoms with Gasteiger partial charge in [0.1, 0.15) is 5.82 Å². The van der Waals surface area contributed by atoms with Crippen LogP contribution in [0.4, 0.5) is 4.39 Å². The van der Waals surface area contributed by atoms with Crippen LogP contribution in [0.1, 0.15) is 16.8 Å². The summed E-state index contributed by atoms with van der Waals surface area (Å²) in [6.07, 6.45) is 0.238. The van der Waals surface area contributed by atoms with Crippen molar-refractivity contribution >= 4 is 16.8 Å². The van der Waals surface area contributed by atoms with Gasteiger partial charge in [0.2, 0.25) is 5.91 Å². The fraction of sp³-hybridized carbons (Fsp3) is 0.167. The predicted octanol–water partition coefficient (Wildman–Crippen LogP) is 3.47. The molecule has 0 radical (unpaired) electrons. The number of nitrogens with one attached hydrogen (secondary N) is 2. The van der Waals surface area contributed by atoms with Crippen LogP contribution in [0.25, 0.3) is 10.9 Å². The lowest BCUT2D eigenvalue weighted by molar-refractivity contribution is -0.120. The zero-order valence-corrected chi connectivity index (χ0v) is 12.3. The molecule has 4 heteroatoms. The van der Waals surface area contributed by atoms with E-state index in [1.54, 1.807) is 6.07 Å². The summed E-state index contributed by atoms with van der Waals surface area (Å²) in [6.45, 7) is 2.40. The zero-order chi connectivity index (χ0) is 15.5. The monoisotopic (exact) mass is 296 g/mol. The van der Waals surface area contributed by atoms with Crippen molar-refractivity contribution in [1.29, 1.82) is 0 Å². The van der Waals surface area contributed by atoms with Crippen LogP contribution in [0.15, 0.2) is 48.5 Å². The molecule has 3 rings (SSSR count). The SMILES string of the molecule is Cc1[nH]c2ccc(F)cc2c1CC(=O)NCc1ccccc1. The Hall–Kier alpha value is -2.62. The first-order chi connectivity index (χ1) is 10.6. The Morgan fingerprint density at radius 3 is 2.73 bits per heavy atom. The molecular formula is C18H17FN2O. The average molecular weight is 296 g/mol. The van der Waals surface area contributed by atoms with Crippen molar-refractivity contribution in [3.8, 4) is 0 Å². The van der Waals surface area contributed by atoms with Crippen molar-refractivity contribution in [3.63, 3.8) is 0 Å². The zero-order valence-electron chi connectivity index (χ0n) is 12.3. The highest BCUT2D eigenvalue weighted by atomic mass is 19.1. The van der Waals surface area contributed by atoms with Crippen LogP contribution in [-0.2, 0) is 17.8 Å². The lowest BCUT2D eigenvalue weighted by Crippen LogP contribution is -2.24. The van der Waals surface area contributed by atoms with E-state index in [4.69, 9.17) is 0 Å². The first kappa shape index (κ1) is 14.3. The number of fused-ring (bicyclic) bond motifs is 1. The maximum absolute atomic E-state index is 13.4. The Bertz CT molecular complexity index is 809. The van der Waals surface area contributed by atoms with E-state index in [1.165, 1.54) is 12.1 Å². The third-order valence-electron chi connectivity index (χ3n) is 3.75. The van der Waals surface area contributed by atoms with Gasteiger partial charge in [0, 0.05) is 23.1 Å². The summed E-state index contributed by atoms with van der Waals surface area (Å²) in [5.41, 5.74) is 3.65. The van der Waals surface area contributed by atoms with Crippen LogP contribution in [-0.4, -0.2) is 10.9 Å². The van der Waals surface area contributed by atoms with Crippen LogP contribution in [0.5, 0.6) is 0 Å².